The van der Waals surface area contributed by atoms with Crippen molar-refractivity contribution in [3.63, 3.8) is 0 Å². The van der Waals surface area contributed by atoms with E-state index in [4.69, 9.17) is 0 Å². The molecule has 3 rings (SSSR count). The molecule has 5 nitrogen and oxygen atoms in total. The molecule has 0 spiro atoms. The van der Waals surface area contributed by atoms with Gasteiger partial charge in [0.1, 0.15) is 5.75 Å². The van der Waals surface area contributed by atoms with Gasteiger partial charge in [0, 0.05) is 30.8 Å². The van der Waals surface area contributed by atoms with Gasteiger partial charge in [0.15, 0.2) is 11.5 Å². The summed E-state index contributed by atoms with van der Waals surface area (Å²) in [7, 11) is 0. The van der Waals surface area contributed by atoms with E-state index >= 15 is 0 Å². The zero-order valence-corrected chi connectivity index (χ0v) is 14.2. The summed E-state index contributed by atoms with van der Waals surface area (Å²) in [6, 6.07) is 7.14. The van der Waals surface area contributed by atoms with Crippen LogP contribution < -0.4 is 0 Å². The highest BCUT2D eigenvalue weighted by Crippen LogP contribution is 2.31. The molecule has 8 heteroatoms. The number of ketones is 1. The van der Waals surface area contributed by atoms with Gasteiger partial charge in [0.05, 0.1) is 5.56 Å². The zero-order valence-electron chi connectivity index (χ0n) is 14.2. The van der Waals surface area contributed by atoms with Crippen molar-refractivity contribution in [3.05, 3.63) is 59.4 Å². The fourth-order valence-corrected chi connectivity index (χ4v) is 3.17. The van der Waals surface area contributed by atoms with E-state index in [1.165, 1.54) is 35.4 Å². The molecule has 2 heterocycles. The summed E-state index contributed by atoms with van der Waals surface area (Å²) in [6.45, 7) is 0.463. The number of Topliss-reactive ketones (excluding diaryl/α,β-unsaturated/α-hetero) is 1. The van der Waals surface area contributed by atoms with Crippen LogP contribution in [-0.2, 0) is 6.18 Å². The quantitative estimate of drug-likeness (QED) is 0.830. The molecule has 1 aromatic carbocycles. The van der Waals surface area contributed by atoms with Crippen molar-refractivity contribution in [2.24, 2.45) is 5.92 Å². The lowest BCUT2D eigenvalue weighted by Crippen LogP contribution is -2.42. The van der Waals surface area contributed by atoms with Crippen molar-refractivity contribution < 1.29 is 27.9 Å². The number of carbonyl (C=O) groups excluding carboxylic acids is 2. The molecular weight excluding hydrogens is 361 g/mol. The normalized spacial score (nSPS) is 17.6. The van der Waals surface area contributed by atoms with Crippen LogP contribution >= 0.6 is 0 Å². The van der Waals surface area contributed by atoms with E-state index in [1.54, 1.807) is 0 Å². The molecule has 0 saturated carbocycles. The smallest absolute Gasteiger partial charge is 0.416 e. The summed E-state index contributed by atoms with van der Waals surface area (Å²) < 4.78 is 38.6. The number of likely N-dealkylation sites (tertiary alicyclic amines) is 1. The fraction of sp³-hybridized carbons (Fsp3) is 0.316. The van der Waals surface area contributed by atoms with E-state index < -0.39 is 29.3 Å². The zero-order chi connectivity index (χ0) is 19.6. The summed E-state index contributed by atoms with van der Waals surface area (Å²) in [4.78, 5) is 30.5. The van der Waals surface area contributed by atoms with E-state index in [2.05, 4.69) is 4.98 Å². The lowest BCUT2D eigenvalue weighted by molar-refractivity contribution is -0.137. The van der Waals surface area contributed by atoms with Crippen molar-refractivity contribution in [1.82, 2.24) is 9.88 Å². The van der Waals surface area contributed by atoms with Crippen LogP contribution in [0.5, 0.6) is 5.75 Å². The maximum atomic E-state index is 12.9. The van der Waals surface area contributed by atoms with E-state index in [9.17, 15) is 27.9 Å². The maximum absolute atomic E-state index is 12.9. The SMILES string of the molecule is O=C(c1cccc(C(F)(F)F)c1)[C@@H]1CCCN(C(=O)c2ncccc2O)C1. The number of nitrogens with zero attached hydrogens (tertiary/aromatic N) is 2. The predicted octanol–water partition coefficient (Wildman–Crippen LogP) is 3.54. The topological polar surface area (TPSA) is 70.5 Å². The molecule has 1 atom stereocenters. The van der Waals surface area contributed by atoms with Gasteiger partial charge >= 0.3 is 6.18 Å². The van der Waals surface area contributed by atoms with Crippen molar-refractivity contribution in [2.45, 2.75) is 19.0 Å². The Balaban J connectivity index is 1.77. The number of aromatic nitrogens is 1. The lowest BCUT2D eigenvalue weighted by atomic mass is 9.89. The van der Waals surface area contributed by atoms with Crippen LogP contribution in [0.4, 0.5) is 13.2 Å². The number of pyridine rings is 1. The standard InChI is InChI=1S/C19H17F3N2O3/c20-19(21,22)14-6-1-4-12(10-14)17(26)13-5-3-9-24(11-13)18(27)16-15(25)7-2-8-23-16/h1-2,4,6-8,10,13,25H,3,5,9,11H2/t13-/m1/s1. The Morgan fingerprint density at radius 3 is 2.67 bits per heavy atom. The first-order valence-electron chi connectivity index (χ1n) is 8.42. The van der Waals surface area contributed by atoms with Gasteiger partial charge < -0.3 is 10.0 Å². The molecule has 1 saturated heterocycles. The molecule has 1 aliphatic heterocycles. The van der Waals surface area contributed by atoms with Gasteiger partial charge in [-0.2, -0.15) is 13.2 Å². The molecule has 1 fully saturated rings. The second-order valence-corrected chi connectivity index (χ2v) is 6.40. The summed E-state index contributed by atoms with van der Waals surface area (Å²) >= 11 is 0. The Morgan fingerprint density at radius 1 is 1.19 bits per heavy atom. The number of halogens is 3. The van der Waals surface area contributed by atoms with Crippen LogP contribution in [-0.4, -0.2) is 39.8 Å². The molecule has 0 aliphatic carbocycles. The molecule has 0 radical (unpaired) electrons. The Morgan fingerprint density at radius 2 is 1.96 bits per heavy atom. The second-order valence-electron chi connectivity index (χ2n) is 6.40. The molecule has 27 heavy (non-hydrogen) atoms. The van der Waals surface area contributed by atoms with E-state index in [1.807, 2.05) is 0 Å². The molecule has 2 aromatic rings. The minimum Gasteiger partial charge on any atom is -0.505 e. The van der Waals surface area contributed by atoms with Gasteiger partial charge in [-0.05, 0) is 37.1 Å². The first-order valence-corrected chi connectivity index (χ1v) is 8.42. The molecule has 1 aliphatic rings. The molecule has 1 N–H and O–H groups in total. The van der Waals surface area contributed by atoms with Gasteiger partial charge in [-0.15, -0.1) is 0 Å². The minimum atomic E-state index is -4.53. The van der Waals surface area contributed by atoms with Crippen LogP contribution in [0.3, 0.4) is 0 Å². The van der Waals surface area contributed by atoms with E-state index in [0.717, 1.165) is 12.1 Å². The van der Waals surface area contributed by atoms with Gasteiger partial charge in [0.25, 0.3) is 5.91 Å². The summed E-state index contributed by atoms with van der Waals surface area (Å²) in [5.41, 5.74) is -1.01. The monoisotopic (exact) mass is 378 g/mol. The second kappa shape index (κ2) is 7.38. The molecule has 0 bridgehead atoms. The van der Waals surface area contributed by atoms with Gasteiger partial charge in [0.2, 0.25) is 0 Å². The third kappa shape index (κ3) is 4.10. The third-order valence-corrected chi connectivity index (χ3v) is 4.54. The van der Waals surface area contributed by atoms with Crippen LogP contribution in [0.25, 0.3) is 0 Å². The first kappa shape index (κ1) is 18.9. The number of aromatic hydroxyl groups is 1. The van der Waals surface area contributed by atoms with Crippen LogP contribution in [0, 0.1) is 5.92 Å². The van der Waals surface area contributed by atoms with Crippen LogP contribution in [0.2, 0.25) is 0 Å². The highest BCUT2D eigenvalue weighted by molar-refractivity contribution is 5.99. The van der Waals surface area contributed by atoms with Crippen molar-refractivity contribution in [3.8, 4) is 5.75 Å². The first-order chi connectivity index (χ1) is 12.8. The number of carbonyl (C=O) groups is 2. The number of alkyl halides is 3. The molecule has 1 aromatic heterocycles. The average molecular weight is 378 g/mol. The summed E-state index contributed by atoms with van der Waals surface area (Å²) in [5.74, 6) is -1.79. The Hall–Kier alpha value is -2.90. The van der Waals surface area contributed by atoms with Gasteiger partial charge in [-0.3, -0.25) is 9.59 Å². The Bertz CT molecular complexity index is 867. The van der Waals surface area contributed by atoms with Crippen LogP contribution in [0.1, 0.15) is 39.3 Å². The Labute approximate surface area is 153 Å². The van der Waals surface area contributed by atoms with E-state index in [0.29, 0.717) is 19.4 Å². The van der Waals surface area contributed by atoms with Gasteiger partial charge in [-0.25, -0.2) is 4.98 Å². The van der Waals surface area contributed by atoms with Crippen LogP contribution in [0.15, 0.2) is 42.6 Å². The summed E-state index contributed by atoms with van der Waals surface area (Å²) in [6.07, 6.45) is -2.13. The molecular formula is C19H17F3N2O3. The van der Waals surface area contributed by atoms with Crippen molar-refractivity contribution in [1.29, 1.82) is 0 Å². The molecule has 142 valence electrons. The van der Waals surface area contributed by atoms with Gasteiger partial charge in [-0.1, -0.05) is 12.1 Å². The highest BCUT2D eigenvalue weighted by Gasteiger charge is 2.33. The van der Waals surface area contributed by atoms with E-state index in [-0.39, 0.29) is 23.6 Å². The van der Waals surface area contributed by atoms with Crippen molar-refractivity contribution in [2.75, 3.05) is 13.1 Å². The Kier molecular flexibility index (Phi) is 5.16. The number of benzene rings is 1. The molecule has 1 amide bonds. The number of rotatable bonds is 3. The fourth-order valence-electron chi connectivity index (χ4n) is 3.17. The predicted molar refractivity (Wildman–Crippen MR) is 90.3 cm³/mol. The average Bonchev–Trinajstić information content (AvgIpc) is 2.67. The largest absolute Gasteiger partial charge is 0.505 e. The highest BCUT2D eigenvalue weighted by atomic mass is 19.4. The summed E-state index contributed by atoms with van der Waals surface area (Å²) in [5, 5.41) is 9.79. The number of hydrogen-bond acceptors (Lipinski definition) is 4. The number of piperidine rings is 1. The lowest BCUT2D eigenvalue weighted by Gasteiger charge is -2.32. The maximum Gasteiger partial charge on any atom is 0.416 e. The molecule has 0 unspecified atom stereocenters. The third-order valence-electron chi connectivity index (χ3n) is 4.54. The number of amides is 1. The minimum absolute atomic E-state index is 0.0233. The number of hydrogen-bond donors (Lipinski definition) is 1. The van der Waals surface area contributed by atoms with Crippen molar-refractivity contribution >= 4 is 11.7 Å².